The van der Waals surface area contributed by atoms with Crippen LogP contribution in [-0.2, 0) is 26.0 Å². The maximum absolute atomic E-state index is 13.7. The fourth-order valence-electron chi connectivity index (χ4n) is 5.48. The lowest BCUT2D eigenvalue weighted by Gasteiger charge is -2.25. The van der Waals surface area contributed by atoms with Crippen molar-refractivity contribution in [2.45, 2.75) is 31.6 Å². The third kappa shape index (κ3) is 7.92. The number of aryl methyl sites for hydroxylation is 1. The summed E-state index contributed by atoms with van der Waals surface area (Å²) in [7, 11) is -2.26. The molecule has 1 amide bonds. The van der Waals surface area contributed by atoms with Gasteiger partial charge in [-0.1, -0.05) is 18.2 Å². The topological polar surface area (TPSA) is 163 Å². The number of allylic oxidation sites excluding steroid dienone is 1. The number of nitrogens with zero attached hydrogens (tertiary/aromatic N) is 1. The van der Waals surface area contributed by atoms with Crippen LogP contribution >= 0.6 is 0 Å². The number of benzene rings is 3. The SMILES string of the molecule is CNC(=O)c1c(-c2ccc(F)cc2)oc2cc(N(CCOCCCc3cccc(C(=O)/C=C(\O)C(=O)O)c3)S(C)(=O)=O)c(C3CC3)cc12. The van der Waals surface area contributed by atoms with E-state index in [0.717, 1.165) is 30.2 Å². The van der Waals surface area contributed by atoms with E-state index in [1.807, 2.05) is 12.1 Å². The minimum atomic E-state index is -3.76. The van der Waals surface area contributed by atoms with Crippen LogP contribution < -0.4 is 9.62 Å². The van der Waals surface area contributed by atoms with Gasteiger partial charge in [-0.25, -0.2) is 17.6 Å². The first-order valence-corrected chi connectivity index (χ1v) is 17.1. The number of hydrogen-bond donors (Lipinski definition) is 3. The van der Waals surface area contributed by atoms with Crippen molar-refractivity contribution in [1.29, 1.82) is 0 Å². The summed E-state index contributed by atoms with van der Waals surface area (Å²) in [6.07, 6.45) is 4.61. The number of furan rings is 1. The van der Waals surface area contributed by atoms with Gasteiger partial charge in [0.05, 0.1) is 30.7 Å². The van der Waals surface area contributed by atoms with E-state index in [2.05, 4.69) is 5.32 Å². The molecule has 0 spiro atoms. The molecule has 5 rings (SSSR count). The maximum atomic E-state index is 13.7. The molecule has 0 bridgehead atoms. The van der Waals surface area contributed by atoms with Crippen molar-refractivity contribution in [2.24, 2.45) is 0 Å². The molecule has 0 aliphatic heterocycles. The summed E-state index contributed by atoms with van der Waals surface area (Å²) in [4.78, 5) is 36.1. The minimum absolute atomic E-state index is 0.0291. The van der Waals surface area contributed by atoms with Crippen molar-refractivity contribution in [1.82, 2.24) is 5.32 Å². The molecule has 1 saturated carbocycles. The molecule has 3 N–H and O–H groups in total. The number of aliphatic carboxylic acids is 1. The number of aliphatic hydroxyl groups is 1. The summed E-state index contributed by atoms with van der Waals surface area (Å²) in [6, 6.07) is 15.6. The highest BCUT2D eigenvalue weighted by Crippen LogP contribution is 2.48. The number of fused-ring (bicyclic) bond motifs is 1. The van der Waals surface area contributed by atoms with E-state index >= 15 is 0 Å². The lowest BCUT2D eigenvalue weighted by Crippen LogP contribution is -2.34. The van der Waals surface area contributed by atoms with E-state index in [4.69, 9.17) is 14.3 Å². The Bertz CT molecular complexity index is 2000. The second-order valence-electron chi connectivity index (χ2n) is 11.5. The number of amides is 1. The molecule has 1 aliphatic carbocycles. The zero-order valence-electron chi connectivity index (χ0n) is 26.4. The summed E-state index contributed by atoms with van der Waals surface area (Å²) in [6.45, 7) is 0.426. The fraction of sp³-hybridized carbons (Fsp3) is 0.286. The number of carbonyl (C=O) groups excluding carboxylic acids is 2. The van der Waals surface area contributed by atoms with Crippen molar-refractivity contribution in [2.75, 3.05) is 37.4 Å². The summed E-state index contributed by atoms with van der Waals surface area (Å²) in [5.74, 6) is -3.73. The molecule has 11 nitrogen and oxygen atoms in total. The lowest BCUT2D eigenvalue weighted by atomic mass is 10.0. The van der Waals surface area contributed by atoms with Gasteiger partial charge >= 0.3 is 5.97 Å². The van der Waals surface area contributed by atoms with Crippen LogP contribution in [0.4, 0.5) is 10.1 Å². The Morgan fingerprint density at radius 2 is 1.79 bits per heavy atom. The molecule has 0 atom stereocenters. The zero-order chi connectivity index (χ0) is 34.6. The molecule has 48 heavy (non-hydrogen) atoms. The normalized spacial score (nSPS) is 13.4. The van der Waals surface area contributed by atoms with Crippen LogP contribution in [0.15, 0.2) is 76.9 Å². The number of anilines is 1. The van der Waals surface area contributed by atoms with Gasteiger partial charge in [0.1, 0.15) is 17.2 Å². The van der Waals surface area contributed by atoms with Crippen LogP contribution in [0.25, 0.3) is 22.3 Å². The molecule has 1 fully saturated rings. The molecular weight excluding hydrogens is 643 g/mol. The highest BCUT2D eigenvalue weighted by Gasteiger charge is 2.33. The van der Waals surface area contributed by atoms with Crippen molar-refractivity contribution in [3.8, 4) is 11.3 Å². The van der Waals surface area contributed by atoms with Gasteiger partial charge in [0.15, 0.2) is 5.78 Å². The van der Waals surface area contributed by atoms with E-state index in [0.29, 0.717) is 47.7 Å². The minimum Gasteiger partial charge on any atom is -0.502 e. The van der Waals surface area contributed by atoms with Crippen LogP contribution in [0.5, 0.6) is 0 Å². The number of ketones is 1. The number of hydrogen-bond acceptors (Lipinski definition) is 8. The molecule has 13 heteroatoms. The van der Waals surface area contributed by atoms with Crippen LogP contribution in [0.3, 0.4) is 0 Å². The zero-order valence-corrected chi connectivity index (χ0v) is 27.2. The molecule has 3 aromatic carbocycles. The fourth-order valence-corrected chi connectivity index (χ4v) is 6.40. The molecule has 0 unspecified atom stereocenters. The first kappa shape index (κ1) is 34.3. The van der Waals surface area contributed by atoms with Gasteiger partial charge in [0.2, 0.25) is 15.8 Å². The Balaban J connectivity index is 1.32. The Morgan fingerprint density at radius 1 is 1.06 bits per heavy atom. The smallest absolute Gasteiger partial charge is 0.371 e. The number of aliphatic hydroxyl groups excluding tert-OH is 1. The van der Waals surface area contributed by atoms with E-state index < -0.39 is 33.4 Å². The average Bonchev–Trinajstić information content (AvgIpc) is 3.83. The second kappa shape index (κ2) is 14.4. The quantitative estimate of drug-likeness (QED) is 0.0629. The summed E-state index contributed by atoms with van der Waals surface area (Å²) in [5.41, 5.74) is 3.37. The van der Waals surface area contributed by atoms with E-state index in [-0.39, 0.29) is 41.9 Å². The van der Waals surface area contributed by atoms with Gasteiger partial charge < -0.3 is 24.7 Å². The lowest BCUT2D eigenvalue weighted by molar-refractivity contribution is -0.135. The second-order valence-corrected chi connectivity index (χ2v) is 13.4. The summed E-state index contributed by atoms with van der Waals surface area (Å²) >= 11 is 0. The number of sulfonamides is 1. The van der Waals surface area contributed by atoms with Crippen LogP contribution in [0.1, 0.15) is 57.0 Å². The highest BCUT2D eigenvalue weighted by molar-refractivity contribution is 7.92. The Kier molecular flexibility index (Phi) is 10.3. The van der Waals surface area contributed by atoms with Gasteiger partial charge in [0, 0.05) is 42.3 Å². The van der Waals surface area contributed by atoms with E-state index in [1.165, 1.54) is 41.7 Å². The third-order valence-electron chi connectivity index (χ3n) is 7.98. The summed E-state index contributed by atoms with van der Waals surface area (Å²) in [5, 5.41) is 21.3. The Morgan fingerprint density at radius 3 is 2.44 bits per heavy atom. The van der Waals surface area contributed by atoms with Crippen molar-refractivity contribution in [3.63, 3.8) is 0 Å². The number of ether oxygens (including phenoxy) is 1. The standard InChI is InChI=1S/C35H35FN2O9S/c1-37-34(41)32-27-18-26(22-8-9-22)28(19-31(27)47-33(32)23-10-12-25(36)13-11-23)38(48(2,44)45)14-16-46-15-4-6-21-5-3-7-24(17-21)29(39)20-30(40)35(42)43/h3,5,7,10-13,17-20,22,40H,4,6,8-9,14-16H2,1-2H3,(H,37,41)(H,42,43)/b30-20-. The Labute approximate surface area is 276 Å². The number of carbonyl (C=O) groups is 3. The number of halogens is 1. The average molecular weight is 679 g/mol. The van der Waals surface area contributed by atoms with E-state index in [1.54, 1.807) is 18.2 Å². The molecule has 0 radical (unpaired) electrons. The first-order valence-electron chi connectivity index (χ1n) is 15.3. The van der Waals surface area contributed by atoms with Crippen molar-refractivity contribution >= 4 is 44.3 Å². The monoisotopic (exact) mass is 678 g/mol. The highest BCUT2D eigenvalue weighted by atomic mass is 32.2. The number of rotatable bonds is 15. The van der Waals surface area contributed by atoms with Crippen LogP contribution in [0.2, 0.25) is 0 Å². The van der Waals surface area contributed by atoms with Gasteiger partial charge in [-0.15, -0.1) is 0 Å². The predicted molar refractivity (Wildman–Crippen MR) is 177 cm³/mol. The molecule has 1 aliphatic rings. The van der Waals surface area contributed by atoms with Crippen molar-refractivity contribution < 1.29 is 46.6 Å². The number of carboxylic acid groups (broad SMARTS) is 1. The van der Waals surface area contributed by atoms with Gasteiger partial charge in [-0.2, -0.15) is 0 Å². The molecule has 4 aromatic rings. The summed E-state index contributed by atoms with van der Waals surface area (Å²) < 4.78 is 53.1. The predicted octanol–water partition coefficient (Wildman–Crippen LogP) is 5.60. The number of carboxylic acids is 1. The molecule has 1 heterocycles. The van der Waals surface area contributed by atoms with Gasteiger partial charge in [-0.3, -0.25) is 13.9 Å². The van der Waals surface area contributed by atoms with E-state index in [9.17, 15) is 32.3 Å². The first-order chi connectivity index (χ1) is 22.9. The number of nitrogens with one attached hydrogen (secondary N) is 1. The molecule has 252 valence electrons. The molecule has 1 aromatic heterocycles. The van der Waals surface area contributed by atoms with Crippen molar-refractivity contribution in [3.05, 3.63) is 101 Å². The third-order valence-corrected chi connectivity index (χ3v) is 9.16. The van der Waals surface area contributed by atoms with Gasteiger partial charge in [0.25, 0.3) is 5.91 Å². The largest absolute Gasteiger partial charge is 0.502 e. The molecule has 0 saturated heterocycles. The Hall–Kier alpha value is -5.01. The maximum Gasteiger partial charge on any atom is 0.371 e. The molecular formula is C35H35FN2O9S. The van der Waals surface area contributed by atoms with Crippen LogP contribution in [-0.4, -0.2) is 69.4 Å². The van der Waals surface area contributed by atoms with Crippen LogP contribution in [0, 0.1) is 5.82 Å². The van der Waals surface area contributed by atoms with Gasteiger partial charge in [-0.05, 0) is 79.1 Å².